The largest absolute Gasteiger partial charge is 0.466 e. The first-order valence-corrected chi connectivity index (χ1v) is 5.39. The van der Waals surface area contributed by atoms with Crippen molar-refractivity contribution in [2.45, 2.75) is 19.4 Å². The average Bonchev–Trinajstić information content (AvgIpc) is 2.24. The van der Waals surface area contributed by atoms with Crippen LogP contribution in [0.15, 0.2) is 12.1 Å². The van der Waals surface area contributed by atoms with Crippen LogP contribution in [0.25, 0.3) is 0 Å². The molecule has 0 spiro atoms. The third-order valence-corrected chi connectivity index (χ3v) is 2.43. The van der Waals surface area contributed by atoms with Gasteiger partial charge in [0.2, 0.25) is 0 Å². The fourth-order valence-electron chi connectivity index (χ4n) is 1.38. The van der Waals surface area contributed by atoms with E-state index in [1.165, 1.54) is 0 Å². The van der Waals surface area contributed by atoms with Crippen LogP contribution >= 0.6 is 24.0 Å². The Hall–Kier alpha value is -0.910. The third kappa shape index (κ3) is 4.08. The van der Waals surface area contributed by atoms with Crippen LogP contribution in [0, 0.1) is 11.6 Å². The molecule has 1 rings (SSSR count). The molecular weight excluding hydrogens is 287 g/mol. The lowest BCUT2D eigenvalue weighted by atomic mass is 10.0. The molecule has 0 heterocycles. The molecule has 0 fully saturated rings. The normalized spacial score (nSPS) is 11.6. The average molecular weight is 300 g/mol. The number of hydrogen-bond acceptors (Lipinski definition) is 3. The summed E-state index contributed by atoms with van der Waals surface area (Å²) in [6.45, 7) is 1.82. The first kappa shape index (κ1) is 17.1. The predicted molar refractivity (Wildman–Crippen MR) is 66.8 cm³/mol. The molecule has 1 aromatic carbocycles. The minimum absolute atomic E-state index is 0. The number of rotatable bonds is 4. The van der Waals surface area contributed by atoms with Gasteiger partial charge in [0.25, 0.3) is 0 Å². The Bertz CT molecular complexity index is 430. The molecule has 0 saturated carbocycles. The molecule has 0 aliphatic rings. The molecule has 102 valence electrons. The molecule has 0 aliphatic carbocycles. The smallest absolute Gasteiger partial charge is 0.307 e. The minimum Gasteiger partial charge on any atom is -0.466 e. The van der Waals surface area contributed by atoms with E-state index in [0.29, 0.717) is 0 Å². The molecule has 7 heteroatoms. The summed E-state index contributed by atoms with van der Waals surface area (Å²) in [5, 5.41) is -0.235. The summed E-state index contributed by atoms with van der Waals surface area (Å²) in [7, 11) is 0. The van der Waals surface area contributed by atoms with Gasteiger partial charge in [-0.25, -0.2) is 8.78 Å². The van der Waals surface area contributed by atoms with Crippen molar-refractivity contribution in [1.82, 2.24) is 0 Å². The molecule has 1 aromatic rings. The number of esters is 1. The molecule has 0 aliphatic heterocycles. The number of nitrogens with two attached hydrogens (primary N) is 1. The van der Waals surface area contributed by atoms with Gasteiger partial charge in [0.1, 0.15) is 11.6 Å². The summed E-state index contributed by atoms with van der Waals surface area (Å²) >= 11 is 5.51. The van der Waals surface area contributed by atoms with E-state index in [1.807, 2.05) is 0 Å². The van der Waals surface area contributed by atoms with Gasteiger partial charge in [-0.15, -0.1) is 12.4 Å². The zero-order valence-electron chi connectivity index (χ0n) is 9.58. The van der Waals surface area contributed by atoms with Crippen LogP contribution < -0.4 is 5.73 Å². The molecule has 0 saturated heterocycles. The van der Waals surface area contributed by atoms with E-state index in [1.54, 1.807) is 6.92 Å². The van der Waals surface area contributed by atoms with Crippen molar-refractivity contribution in [3.05, 3.63) is 34.4 Å². The van der Waals surface area contributed by atoms with Crippen LogP contribution in [0.4, 0.5) is 8.78 Å². The fraction of sp³-hybridized carbons (Fsp3) is 0.364. The van der Waals surface area contributed by atoms with Gasteiger partial charge >= 0.3 is 5.97 Å². The Morgan fingerprint density at radius 1 is 1.50 bits per heavy atom. The lowest BCUT2D eigenvalue weighted by Crippen LogP contribution is -2.20. The van der Waals surface area contributed by atoms with Crippen molar-refractivity contribution < 1.29 is 18.3 Å². The Balaban J connectivity index is 0.00000289. The first-order valence-electron chi connectivity index (χ1n) is 5.02. The lowest BCUT2D eigenvalue weighted by Gasteiger charge is -2.13. The van der Waals surface area contributed by atoms with Gasteiger partial charge in [0, 0.05) is 11.6 Å². The topological polar surface area (TPSA) is 52.3 Å². The van der Waals surface area contributed by atoms with Gasteiger partial charge < -0.3 is 10.5 Å². The molecule has 2 N–H and O–H groups in total. The maximum atomic E-state index is 13.5. The number of halogens is 4. The monoisotopic (exact) mass is 299 g/mol. The SMILES string of the molecule is CCOC(=O)C[C@@H](N)c1c(F)ccc(Cl)c1F.Cl. The third-order valence-electron chi connectivity index (χ3n) is 2.14. The highest BCUT2D eigenvalue weighted by Gasteiger charge is 2.21. The highest BCUT2D eigenvalue weighted by molar-refractivity contribution is 6.30. The molecule has 0 unspecified atom stereocenters. The molecule has 18 heavy (non-hydrogen) atoms. The van der Waals surface area contributed by atoms with Crippen LogP contribution in [-0.4, -0.2) is 12.6 Å². The van der Waals surface area contributed by atoms with Crippen molar-refractivity contribution in [3.8, 4) is 0 Å². The quantitative estimate of drug-likeness (QED) is 0.687. The van der Waals surface area contributed by atoms with Crippen molar-refractivity contribution in [3.63, 3.8) is 0 Å². The highest BCUT2D eigenvalue weighted by Crippen LogP contribution is 2.26. The summed E-state index contributed by atoms with van der Waals surface area (Å²) in [5.74, 6) is -2.38. The van der Waals surface area contributed by atoms with Crippen LogP contribution in [0.3, 0.4) is 0 Å². The predicted octanol–water partition coefficient (Wildman–Crippen LogP) is 2.99. The van der Waals surface area contributed by atoms with E-state index < -0.39 is 29.2 Å². The Labute approximate surface area is 115 Å². The Morgan fingerprint density at radius 3 is 2.67 bits per heavy atom. The van der Waals surface area contributed by atoms with Gasteiger partial charge in [0.15, 0.2) is 0 Å². The Kier molecular flexibility index (Phi) is 7.13. The van der Waals surface area contributed by atoms with E-state index in [0.717, 1.165) is 12.1 Å². The van der Waals surface area contributed by atoms with Crippen LogP contribution in [0.1, 0.15) is 24.9 Å². The van der Waals surface area contributed by atoms with Crippen molar-refractivity contribution in [2.75, 3.05) is 6.61 Å². The molecular formula is C11H13Cl2F2NO2. The molecule has 0 amide bonds. The summed E-state index contributed by atoms with van der Waals surface area (Å²) in [5.41, 5.74) is 5.16. The zero-order valence-corrected chi connectivity index (χ0v) is 11.2. The van der Waals surface area contributed by atoms with Crippen molar-refractivity contribution in [1.29, 1.82) is 0 Å². The standard InChI is InChI=1S/C11H12ClF2NO2.ClH/c1-2-17-9(16)5-8(15)10-7(13)4-3-6(12)11(10)14;/h3-4,8H,2,5,15H2,1H3;1H/t8-;/m1./s1. The van der Waals surface area contributed by atoms with E-state index in [2.05, 4.69) is 4.74 Å². The molecule has 3 nitrogen and oxygen atoms in total. The molecule has 0 aromatic heterocycles. The van der Waals surface area contributed by atoms with E-state index in [9.17, 15) is 13.6 Å². The number of hydrogen-bond donors (Lipinski definition) is 1. The number of carbonyl (C=O) groups excluding carboxylic acids is 1. The van der Waals surface area contributed by atoms with Gasteiger partial charge in [0.05, 0.1) is 18.1 Å². The number of carbonyl (C=O) groups is 1. The van der Waals surface area contributed by atoms with Gasteiger partial charge in [-0.2, -0.15) is 0 Å². The number of benzene rings is 1. The maximum Gasteiger partial charge on any atom is 0.307 e. The fourth-order valence-corrected chi connectivity index (χ4v) is 1.55. The second-order valence-corrected chi connectivity index (χ2v) is 3.78. The molecule has 0 bridgehead atoms. The van der Waals surface area contributed by atoms with Gasteiger partial charge in [-0.1, -0.05) is 11.6 Å². The number of ether oxygens (including phenoxy) is 1. The van der Waals surface area contributed by atoms with Crippen LogP contribution in [0.5, 0.6) is 0 Å². The summed E-state index contributed by atoms with van der Waals surface area (Å²) in [6, 6.07) is 0.978. The van der Waals surface area contributed by atoms with Gasteiger partial charge in [-0.05, 0) is 19.1 Å². The van der Waals surface area contributed by atoms with E-state index >= 15 is 0 Å². The highest BCUT2D eigenvalue weighted by atomic mass is 35.5. The van der Waals surface area contributed by atoms with Gasteiger partial charge in [-0.3, -0.25) is 4.79 Å². The minimum atomic E-state index is -1.12. The Morgan fingerprint density at radius 2 is 2.11 bits per heavy atom. The van der Waals surface area contributed by atoms with E-state index in [4.69, 9.17) is 17.3 Å². The zero-order chi connectivity index (χ0) is 13.0. The van der Waals surface area contributed by atoms with Crippen LogP contribution in [0.2, 0.25) is 5.02 Å². The summed E-state index contributed by atoms with van der Waals surface area (Å²) in [4.78, 5) is 11.2. The van der Waals surface area contributed by atoms with Crippen molar-refractivity contribution in [2.24, 2.45) is 5.73 Å². The van der Waals surface area contributed by atoms with E-state index in [-0.39, 0.29) is 30.5 Å². The first-order chi connectivity index (χ1) is 7.97. The molecule has 0 radical (unpaired) electrons. The summed E-state index contributed by atoms with van der Waals surface area (Å²) in [6.07, 6.45) is -0.304. The molecule has 1 atom stereocenters. The lowest BCUT2D eigenvalue weighted by molar-refractivity contribution is -0.143. The van der Waals surface area contributed by atoms with Crippen LogP contribution in [-0.2, 0) is 9.53 Å². The maximum absolute atomic E-state index is 13.5. The summed E-state index contributed by atoms with van der Waals surface area (Å²) < 4.78 is 31.6. The van der Waals surface area contributed by atoms with Crippen molar-refractivity contribution >= 4 is 30.0 Å². The second kappa shape index (κ2) is 7.51. The second-order valence-electron chi connectivity index (χ2n) is 3.37.